The van der Waals surface area contributed by atoms with Crippen LogP contribution in [0.1, 0.15) is 24.1 Å². The number of aromatic nitrogens is 2. The quantitative estimate of drug-likeness (QED) is 0.429. The van der Waals surface area contributed by atoms with E-state index in [1.54, 1.807) is 0 Å². The number of fused-ring (bicyclic) bond motifs is 8. The molecule has 2 saturated heterocycles. The lowest BCUT2D eigenvalue weighted by Crippen LogP contribution is -2.61. The maximum atomic E-state index is 10.7. The van der Waals surface area contributed by atoms with Crippen molar-refractivity contribution in [3.63, 3.8) is 0 Å². The van der Waals surface area contributed by atoms with Gasteiger partial charge in [0.15, 0.2) is 11.0 Å². The lowest BCUT2D eigenvalue weighted by molar-refractivity contribution is 0.00462. The topological polar surface area (TPSA) is 139 Å². The molecule has 4 heterocycles. The van der Waals surface area contributed by atoms with Gasteiger partial charge in [0, 0.05) is 35.5 Å². The summed E-state index contributed by atoms with van der Waals surface area (Å²) in [4.78, 5) is 14.8. The first-order valence-corrected chi connectivity index (χ1v) is 14.4. The fourth-order valence-corrected chi connectivity index (χ4v) is 8.52. The third-order valence-corrected chi connectivity index (χ3v) is 10.5. The monoisotopic (exact) mass is 554 g/mol. The number of allylic oxidation sites excluding steroid dienone is 1. The number of nitrogens with two attached hydrogens (primary N) is 1. The van der Waals surface area contributed by atoms with E-state index in [-0.39, 0.29) is 17.5 Å². The van der Waals surface area contributed by atoms with Crippen LogP contribution in [0.4, 0.5) is 0 Å². The summed E-state index contributed by atoms with van der Waals surface area (Å²) < 4.78 is 6.84. The Morgan fingerprint density at radius 3 is 2.36 bits per heavy atom. The Morgan fingerprint density at radius 2 is 1.64 bits per heavy atom. The van der Waals surface area contributed by atoms with Gasteiger partial charge < -0.3 is 20.3 Å². The summed E-state index contributed by atoms with van der Waals surface area (Å²) in [5.41, 5.74) is 11.0. The lowest BCUT2D eigenvalue weighted by Gasteiger charge is -2.58. The summed E-state index contributed by atoms with van der Waals surface area (Å²) in [6, 6.07) is 20.7. The van der Waals surface area contributed by atoms with Gasteiger partial charge in [0.1, 0.15) is 5.69 Å². The number of para-hydroxylation sites is 2. The molecule has 3 aromatic rings. The maximum Gasteiger partial charge on any atom is 0.216 e. The zero-order valence-electron chi connectivity index (χ0n) is 23.6. The van der Waals surface area contributed by atoms with Crippen molar-refractivity contribution in [1.82, 2.24) is 19.8 Å². The lowest BCUT2D eigenvalue weighted by atomic mass is 9.48. The summed E-state index contributed by atoms with van der Waals surface area (Å²) in [5.74, 6) is -0.394. The van der Waals surface area contributed by atoms with Gasteiger partial charge in [-0.2, -0.15) is 10.5 Å². The van der Waals surface area contributed by atoms with Gasteiger partial charge in [-0.25, -0.2) is 9.97 Å². The number of benzene rings is 2. The molecule has 3 aliphatic heterocycles. The average molecular weight is 555 g/mol. The predicted octanol–water partition coefficient (Wildman–Crippen LogP) is 3.69. The Hall–Kier alpha value is -4.57. The van der Waals surface area contributed by atoms with Gasteiger partial charge >= 0.3 is 0 Å². The second-order valence-corrected chi connectivity index (χ2v) is 12.4. The Balaban J connectivity index is 1.48. The summed E-state index contributed by atoms with van der Waals surface area (Å²) in [6.07, 6.45) is 1.27. The number of likely N-dealkylation sites (N-methyl/N-ethyl adjacent to an activating group) is 1. The van der Waals surface area contributed by atoms with Crippen LogP contribution in [-0.4, -0.2) is 65.9 Å². The molecule has 2 spiro atoms. The largest absolute Gasteiger partial charge is 0.459 e. The highest BCUT2D eigenvalue weighted by molar-refractivity contribution is 6.01. The molecule has 0 radical (unpaired) electrons. The summed E-state index contributed by atoms with van der Waals surface area (Å²) in [6.45, 7) is 2.73. The van der Waals surface area contributed by atoms with Crippen LogP contribution in [-0.2, 0) is 10.3 Å². The van der Waals surface area contributed by atoms with Crippen LogP contribution in [0.15, 0.2) is 70.9 Å². The zero-order valence-corrected chi connectivity index (χ0v) is 23.6. The molecule has 3 N–H and O–H groups in total. The van der Waals surface area contributed by atoms with E-state index in [1.807, 2.05) is 36.4 Å². The normalized spacial score (nSPS) is 27.3. The number of nitriles is 2. The van der Waals surface area contributed by atoms with Crippen molar-refractivity contribution < 1.29 is 4.74 Å². The molecule has 2 aliphatic carbocycles. The molecule has 0 bridgehead atoms. The zero-order chi connectivity index (χ0) is 29.0. The van der Waals surface area contributed by atoms with Crippen LogP contribution in [0.3, 0.4) is 0 Å². The van der Waals surface area contributed by atoms with E-state index in [1.165, 1.54) is 0 Å². The summed E-state index contributed by atoms with van der Waals surface area (Å²) >= 11 is 0. The van der Waals surface area contributed by atoms with Crippen LogP contribution in [0.2, 0.25) is 0 Å². The number of nitrogens with zero attached hydrogens (tertiary/aromatic N) is 6. The second kappa shape index (κ2) is 8.25. The second-order valence-electron chi connectivity index (χ2n) is 12.4. The van der Waals surface area contributed by atoms with Crippen LogP contribution in [0.25, 0.3) is 22.3 Å². The first-order valence-electron chi connectivity index (χ1n) is 14.4. The third-order valence-electron chi connectivity index (χ3n) is 10.5. The highest BCUT2D eigenvalue weighted by Crippen LogP contribution is 2.66. The van der Waals surface area contributed by atoms with Crippen molar-refractivity contribution >= 4 is 16.9 Å². The van der Waals surface area contributed by atoms with Gasteiger partial charge in [-0.3, -0.25) is 5.41 Å². The minimum Gasteiger partial charge on any atom is -0.459 e. The van der Waals surface area contributed by atoms with E-state index in [0.717, 1.165) is 52.1 Å². The SMILES string of the molecule is CN1CCC2(CC1)C1=C3C(=C(N)C2(C#N)C#N)C(=N)O[C@@]2(c4ccccc4-c4nc5ccccc5nc42)[C@@H]3CN(C)C1. The van der Waals surface area contributed by atoms with Gasteiger partial charge in [0.25, 0.3) is 0 Å². The molecule has 5 aliphatic rings. The first kappa shape index (κ1) is 25.2. The van der Waals surface area contributed by atoms with Gasteiger partial charge in [-0.15, -0.1) is 0 Å². The Bertz CT molecular complexity index is 1870. The highest BCUT2D eigenvalue weighted by Gasteiger charge is 2.67. The molecular weight excluding hydrogens is 524 g/mol. The van der Waals surface area contributed by atoms with Crippen molar-refractivity contribution in [2.45, 2.75) is 18.4 Å². The third kappa shape index (κ3) is 2.76. The van der Waals surface area contributed by atoms with Crippen molar-refractivity contribution in [3.05, 3.63) is 82.2 Å². The molecule has 2 aromatic carbocycles. The minimum atomic E-state index is -1.59. The van der Waals surface area contributed by atoms with E-state index >= 15 is 0 Å². The van der Waals surface area contributed by atoms with Gasteiger partial charge in [-0.1, -0.05) is 36.4 Å². The Kier molecular flexibility index (Phi) is 4.95. The molecule has 8 rings (SSSR count). The van der Waals surface area contributed by atoms with E-state index in [9.17, 15) is 15.9 Å². The Morgan fingerprint density at radius 1 is 0.976 bits per heavy atom. The minimum absolute atomic E-state index is 0.115. The number of likely N-dealkylation sites (tertiary alicyclic amines) is 1. The van der Waals surface area contributed by atoms with Crippen molar-refractivity contribution in [3.8, 4) is 23.4 Å². The van der Waals surface area contributed by atoms with Gasteiger partial charge in [0.2, 0.25) is 5.90 Å². The van der Waals surface area contributed by atoms with Crippen LogP contribution in [0, 0.1) is 44.8 Å². The molecule has 9 nitrogen and oxygen atoms in total. The molecule has 1 aromatic heterocycles. The molecule has 2 fully saturated rings. The van der Waals surface area contributed by atoms with Crippen molar-refractivity contribution in [2.75, 3.05) is 40.3 Å². The first-order chi connectivity index (χ1) is 20.3. The fraction of sp³-hybridized carbons (Fsp3) is 0.364. The number of hydrogen-bond donors (Lipinski definition) is 2. The fourth-order valence-electron chi connectivity index (χ4n) is 8.52. The molecular formula is C33H30N8O. The standard InChI is InChI=1S/C33H30N8O/c1-40-13-11-31(12-14-40)21-15-41(2)16-22-25(21)26(28(36)32(31,17-34)18-35)30(37)42-33(22)20-8-4-3-7-19(20)27-29(33)39-24-10-6-5-9-23(24)38-27/h3-10,22,37H,11-16,36H2,1-2H3/t22-,33+/m1/s1. The van der Waals surface area contributed by atoms with Crippen molar-refractivity contribution in [2.24, 2.45) is 22.5 Å². The van der Waals surface area contributed by atoms with Crippen LogP contribution < -0.4 is 5.73 Å². The predicted molar refractivity (Wildman–Crippen MR) is 157 cm³/mol. The number of ether oxygens (including phenoxy) is 1. The van der Waals surface area contributed by atoms with Crippen LogP contribution in [0.5, 0.6) is 0 Å². The maximum absolute atomic E-state index is 10.7. The summed E-state index contributed by atoms with van der Waals surface area (Å²) in [5, 5.41) is 30.9. The van der Waals surface area contributed by atoms with E-state index in [4.69, 9.17) is 20.4 Å². The molecule has 0 amide bonds. The summed E-state index contributed by atoms with van der Waals surface area (Å²) in [7, 11) is 4.15. The van der Waals surface area contributed by atoms with Gasteiger partial charge in [-0.05, 0) is 63.3 Å². The highest BCUT2D eigenvalue weighted by atomic mass is 16.5. The van der Waals surface area contributed by atoms with Crippen molar-refractivity contribution in [1.29, 1.82) is 15.9 Å². The number of hydrogen-bond acceptors (Lipinski definition) is 9. The smallest absolute Gasteiger partial charge is 0.216 e. The Labute approximate surface area is 244 Å². The van der Waals surface area contributed by atoms with E-state index < -0.39 is 16.4 Å². The number of rotatable bonds is 0. The van der Waals surface area contributed by atoms with Crippen LogP contribution >= 0.6 is 0 Å². The molecule has 9 heteroatoms. The molecule has 208 valence electrons. The van der Waals surface area contributed by atoms with E-state index in [2.05, 4.69) is 48.2 Å². The average Bonchev–Trinajstić information content (AvgIpc) is 3.26. The molecule has 0 saturated carbocycles. The molecule has 0 unspecified atom stereocenters. The van der Waals surface area contributed by atoms with Gasteiger partial charge in [0.05, 0.1) is 40.1 Å². The number of nitrogens with one attached hydrogen (secondary N) is 1. The van der Waals surface area contributed by atoms with E-state index in [0.29, 0.717) is 37.2 Å². The molecule has 2 atom stereocenters. The molecule has 42 heavy (non-hydrogen) atoms. The number of piperidine rings is 1.